The van der Waals surface area contributed by atoms with Crippen LogP contribution in [0.3, 0.4) is 0 Å². The van der Waals surface area contributed by atoms with E-state index in [4.69, 9.17) is 0 Å². The van der Waals surface area contributed by atoms with Gasteiger partial charge < -0.3 is 5.32 Å². The zero-order valence-corrected chi connectivity index (χ0v) is 13.2. The standard InChI is InChI=1S/C17H21N5O/c1-14(7-11-21-10-4-8-19-21)18-9-12-22-17(23)16-6-3-2-5-15(16)13-20-22/h2-6,8,10,13-14,18H,7,9,11-12H2,1H3/t14-/m1/s1. The fourth-order valence-electron chi connectivity index (χ4n) is 2.56. The smallest absolute Gasteiger partial charge is 0.274 e. The summed E-state index contributed by atoms with van der Waals surface area (Å²) in [7, 11) is 0. The molecule has 1 atom stereocenters. The van der Waals surface area contributed by atoms with Crippen LogP contribution in [0.15, 0.2) is 53.7 Å². The summed E-state index contributed by atoms with van der Waals surface area (Å²) in [5.41, 5.74) is -0.0332. The van der Waals surface area contributed by atoms with Crippen molar-refractivity contribution in [1.82, 2.24) is 24.9 Å². The van der Waals surface area contributed by atoms with Crippen molar-refractivity contribution >= 4 is 10.8 Å². The normalized spacial score (nSPS) is 12.6. The largest absolute Gasteiger partial charge is 0.312 e. The summed E-state index contributed by atoms with van der Waals surface area (Å²) in [5.74, 6) is 0. The van der Waals surface area contributed by atoms with Gasteiger partial charge in [-0.1, -0.05) is 18.2 Å². The van der Waals surface area contributed by atoms with Crippen molar-refractivity contribution < 1.29 is 0 Å². The van der Waals surface area contributed by atoms with Crippen molar-refractivity contribution in [3.05, 3.63) is 59.3 Å². The van der Waals surface area contributed by atoms with Crippen LogP contribution >= 0.6 is 0 Å². The molecule has 1 N–H and O–H groups in total. The monoisotopic (exact) mass is 311 g/mol. The Bertz CT molecular complexity index is 809. The van der Waals surface area contributed by atoms with Gasteiger partial charge in [0.2, 0.25) is 0 Å². The molecule has 0 aliphatic rings. The first-order valence-electron chi connectivity index (χ1n) is 7.90. The lowest BCUT2D eigenvalue weighted by Crippen LogP contribution is -2.33. The van der Waals surface area contributed by atoms with Crippen molar-refractivity contribution in [3.8, 4) is 0 Å². The Morgan fingerprint density at radius 1 is 1.17 bits per heavy atom. The minimum atomic E-state index is -0.0332. The highest BCUT2D eigenvalue weighted by Gasteiger charge is 2.05. The number of rotatable bonds is 7. The van der Waals surface area contributed by atoms with E-state index >= 15 is 0 Å². The summed E-state index contributed by atoms with van der Waals surface area (Å²) >= 11 is 0. The van der Waals surface area contributed by atoms with Crippen molar-refractivity contribution in [2.45, 2.75) is 32.5 Å². The Kier molecular flexibility index (Phi) is 4.83. The molecule has 0 saturated carbocycles. The fourth-order valence-corrected chi connectivity index (χ4v) is 2.56. The highest BCUT2D eigenvalue weighted by molar-refractivity contribution is 5.80. The minimum Gasteiger partial charge on any atom is -0.312 e. The van der Waals surface area contributed by atoms with E-state index in [9.17, 15) is 4.79 Å². The molecular weight excluding hydrogens is 290 g/mol. The second-order valence-electron chi connectivity index (χ2n) is 5.67. The third-order valence-electron chi connectivity index (χ3n) is 3.93. The first kappa shape index (κ1) is 15.4. The third kappa shape index (κ3) is 3.84. The number of aryl methyl sites for hydroxylation is 1. The highest BCUT2D eigenvalue weighted by Crippen LogP contribution is 2.06. The van der Waals surface area contributed by atoms with Crippen LogP contribution in [0.25, 0.3) is 10.8 Å². The molecule has 0 radical (unpaired) electrons. The van der Waals surface area contributed by atoms with E-state index in [1.54, 1.807) is 12.4 Å². The molecule has 1 aromatic carbocycles. The summed E-state index contributed by atoms with van der Waals surface area (Å²) in [6.07, 6.45) is 6.49. The van der Waals surface area contributed by atoms with Crippen molar-refractivity contribution in [2.24, 2.45) is 0 Å². The number of aromatic nitrogens is 4. The molecule has 0 spiro atoms. The average Bonchev–Trinajstić information content (AvgIpc) is 3.09. The Morgan fingerprint density at radius 2 is 2.04 bits per heavy atom. The number of fused-ring (bicyclic) bond motifs is 1. The first-order valence-corrected chi connectivity index (χ1v) is 7.90. The molecule has 0 unspecified atom stereocenters. The highest BCUT2D eigenvalue weighted by atomic mass is 16.1. The molecular formula is C17H21N5O. The van der Waals surface area contributed by atoms with Gasteiger partial charge in [0.1, 0.15) is 0 Å². The van der Waals surface area contributed by atoms with Crippen molar-refractivity contribution in [3.63, 3.8) is 0 Å². The van der Waals surface area contributed by atoms with Gasteiger partial charge in [0.15, 0.2) is 0 Å². The molecule has 6 heteroatoms. The van der Waals surface area contributed by atoms with E-state index in [-0.39, 0.29) is 5.56 Å². The molecule has 0 bridgehead atoms. The predicted molar refractivity (Wildman–Crippen MR) is 90.3 cm³/mol. The summed E-state index contributed by atoms with van der Waals surface area (Å²) < 4.78 is 3.45. The number of benzene rings is 1. The van der Waals surface area contributed by atoms with Crippen LogP contribution in [0.5, 0.6) is 0 Å². The van der Waals surface area contributed by atoms with Gasteiger partial charge in [-0.3, -0.25) is 9.48 Å². The van der Waals surface area contributed by atoms with Gasteiger partial charge in [0.05, 0.1) is 18.1 Å². The maximum absolute atomic E-state index is 12.3. The lowest BCUT2D eigenvalue weighted by Gasteiger charge is -2.14. The van der Waals surface area contributed by atoms with E-state index in [1.807, 2.05) is 41.2 Å². The second kappa shape index (κ2) is 7.19. The van der Waals surface area contributed by atoms with Gasteiger partial charge in [0.25, 0.3) is 5.56 Å². The lowest BCUT2D eigenvalue weighted by molar-refractivity contribution is 0.436. The van der Waals surface area contributed by atoms with Crippen LogP contribution < -0.4 is 10.9 Å². The van der Waals surface area contributed by atoms with Gasteiger partial charge >= 0.3 is 0 Å². The van der Waals surface area contributed by atoms with Gasteiger partial charge in [-0.2, -0.15) is 10.2 Å². The quantitative estimate of drug-likeness (QED) is 0.721. The summed E-state index contributed by atoms with van der Waals surface area (Å²) in [4.78, 5) is 12.3. The topological polar surface area (TPSA) is 64.7 Å². The van der Waals surface area contributed by atoms with Crippen molar-refractivity contribution in [2.75, 3.05) is 6.54 Å². The van der Waals surface area contributed by atoms with Crippen LogP contribution in [0.1, 0.15) is 13.3 Å². The van der Waals surface area contributed by atoms with Crippen LogP contribution in [0.2, 0.25) is 0 Å². The SMILES string of the molecule is C[C@H](CCn1cccn1)NCCn1ncc2ccccc2c1=O. The maximum atomic E-state index is 12.3. The maximum Gasteiger partial charge on any atom is 0.274 e. The molecule has 2 aromatic heterocycles. The Labute approximate surface area is 134 Å². The Hall–Kier alpha value is -2.47. The van der Waals surface area contributed by atoms with Gasteiger partial charge in [0, 0.05) is 36.9 Å². The van der Waals surface area contributed by atoms with Crippen LogP contribution in [-0.4, -0.2) is 32.1 Å². The molecule has 0 aliphatic carbocycles. The van der Waals surface area contributed by atoms with E-state index < -0.39 is 0 Å². The number of nitrogens with zero attached hydrogens (tertiary/aromatic N) is 4. The second-order valence-corrected chi connectivity index (χ2v) is 5.67. The Morgan fingerprint density at radius 3 is 2.87 bits per heavy atom. The zero-order valence-electron chi connectivity index (χ0n) is 13.2. The van der Waals surface area contributed by atoms with E-state index in [2.05, 4.69) is 22.4 Å². The molecule has 3 aromatic rings. The Balaban J connectivity index is 1.52. The molecule has 0 amide bonds. The molecule has 0 saturated heterocycles. The van der Waals surface area contributed by atoms with Crippen LogP contribution in [-0.2, 0) is 13.1 Å². The van der Waals surface area contributed by atoms with Crippen LogP contribution in [0, 0.1) is 0 Å². The average molecular weight is 311 g/mol. The lowest BCUT2D eigenvalue weighted by atomic mass is 10.2. The fraction of sp³-hybridized carbons (Fsp3) is 0.353. The first-order chi connectivity index (χ1) is 11.2. The van der Waals surface area contributed by atoms with E-state index in [1.165, 1.54) is 4.68 Å². The molecule has 6 nitrogen and oxygen atoms in total. The number of nitrogens with one attached hydrogen (secondary N) is 1. The summed E-state index contributed by atoms with van der Waals surface area (Å²) in [5, 5.41) is 13.5. The molecule has 120 valence electrons. The molecule has 0 aliphatic heterocycles. The summed E-state index contributed by atoms with van der Waals surface area (Å²) in [6, 6.07) is 9.82. The predicted octanol–water partition coefficient (Wildman–Crippen LogP) is 1.66. The molecule has 23 heavy (non-hydrogen) atoms. The minimum absolute atomic E-state index is 0.0332. The zero-order chi connectivity index (χ0) is 16.1. The number of hydrogen-bond donors (Lipinski definition) is 1. The van der Waals surface area contributed by atoms with Gasteiger partial charge in [-0.05, 0) is 25.5 Å². The van der Waals surface area contributed by atoms with Crippen molar-refractivity contribution in [1.29, 1.82) is 0 Å². The van der Waals surface area contributed by atoms with E-state index in [0.717, 1.165) is 18.4 Å². The molecule has 3 rings (SSSR count). The van der Waals surface area contributed by atoms with E-state index in [0.29, 0.717) is 24.5 Å². The van der Waals surface area contributed by atoms with Crippen LogP contribution in [0.4, 0.5) is 0 Å². The van der Waals surface area contributed by atoms with Gasteiger partial charge in [-0.25, -0.2) is 4.68 Å². The summed E-state index contributed by atoms with van der Waals surface area (Å²) in [6.45, 7) is 4.30. The number of hydrogen-bond acceptors (Lipinski definition) is 4. The molecule has 0 fully saturated rings. The third-order valence-corrected chi connectivity index (χ3v) is 3.93. The molecule has 2 heterocycles. The van der Waals surface area contributed by atoms with Gasteiger partial charge in [-0.15, -0.1) is 0 Å².